The number of nitrogens with one attached hydrogen (secondary N) is 1. The van der Waals surface area contributed by atoms with Crippen LogP contribution in [-0.4, -0.2) is 24.2 Å². The van der Waals surface area contributed by atoms with E-state index in [9.17, 15) is 9.90 Å². The molecule has 1 fully saturated rings. The predicted octanol–water partition coefficient (Wildman–Crippen LogP) is 1.82. The van der Waals surface area contributed by atoms with E-state index in [0.29, 0.717) is 12.1 Å². The summed E-state index contributed by atoms with van der Waals surface area (Å²) in [6.07, 6.45) is 5.81. The first-order chi connectivity index (χ1) is 9.67. The van der Waals surface area contributed by atoms with Crippen LogP contribution in [0.5, 0.6) is 0 Å². The van der Waals surface area contributed by atoms with Crippen LogP contribution in [0.4, 0.5) is 0 Å². The van der Waals surface area contributed by atoms with Crippen molar-refractivity contribution in [3.63, 3.8) is 0 Å². The van der Waals surface area contributed by atoms with Gasteiger partial charge >= 0.3 is 0 Å². The summed E-state index contributed by atoms with van der Waals surface area (Å²) in [5.74, 6) is -0.392. The van der Waals surface area contributed by atoms with Crippen LogP contribution in [0.2, 0.25) is 0 Å². The topological polar surface area (TPSA) is 75.4 Å². The van der Waals surface area contributed by atoms with Crippen molar-refractivity contribution in [3.8, 4) is 0 Å². The van der Waals surface area contributed by atoms with E-state index in [1.165, 1.54) is 19.3 Å². The van der Waals surface area contributed by atoms with Crippen LogP contribution < -0.4 is 11.1 Å². The van der Waals surface area contributed by atoms with Gasteiger partial charge in [0.15, 0.2) is 0 Å². The van der Waals surface area contributed by atoms with Gasteiger partial charge in [-0.05, 0) is 24.5 Å². The second-order valence-corrected chi connectivity index (χ2v) is 5.84. The highest BCUT2D eigenvalue weighted by Gasteiger charge is 2.30. The zero-order chi connectivity index (χ0) is 14.4. The minimum absolute atomic E-state index is 0.0138. The van der Waals surface area contributed by atoms with Crippen LogP contribution in [0, 0.1) is 5.41 Å². The maximum absolute atomic E-state index is 11.4. The average molecular weight is 276 g/mol. The fourth-order valence-electron chi connectivity index (χ4n) is 3.07. The molecule has 0 aliphatic heterocycles. The minimum Gasteiger partial charge on any atom is -0.396 e. The Morgan fingerprint density at radius 2 is 1.95 bits per heavy atom. The number of aliphatic hydroxyl groups excluding tert-OH is 1. The van der Waals surface area contributed by atoms with Crippen molar-refractivity contribution in [2.75, 3.05) is 13.2 Å². The Morgan fingerprint density at radius 3 is 2.60 bits per heavy atom. The molecule has 0 radical (unpaired) electrons. The van der Waals surface area contributed by atoms with Gasteiger partial charge < -0.3 is 16.2 Å². The molecule has 2 rings (SSSR count). The summed E-state index contributed by atoms with van der Waals surface area (Å²) in [6.45, 7) is 1.63. The molecule has 0 bridgehead atoms. The molecule has 1 amide bonds. The van der Waals surface area contributed by atoms with E-state index in [1.807, 2.05) is 18.2 Å². The van der Waals surface area contributed by atoms with Crippen LogP contribution in [0.1, 0.15) is 48.0 Å². The van der Waals surface area contributed by atoms with Gasteiger partial charge in [-0.3, -0.25) is 4.79 Å². The number of carbonyl (C=O) groups is 1. The number of aliphatic hydroxyl groups is 1. The molecule has 0 aromatic heterocycles. The molecule has 1 aliphatic carbocycles. The molecule has 1 aromatic rings. The number of benzene rings is 1. The molecule has 20 heavy (non-hydrogen) atoms. The van der Waals surface area contributed by atoms with Gasteiger partial charge in [0.2, 0.25) is 5.91 Å². The van der Waals surface area contributed by atoms with Crippen LogP contribution in [0.3, 0.4) is 0 Å². The third-order valence-corrected chi connectivity index (χ3v) is 4.35. The normalized spacial score (nSPS) is 17.9. The number of primary amides is 1. The monoisotopic (exact) mass is 276 g/mol. The Kier molecular flexibility index (Phi) is 5.15. The van der Waals surface area contributed by atoms with Crippen LogP contribution in [0.15, 0.2) is 24.3 Å². The fourth-order valence-corrected chi connectivity index (χ4v) is 3.07. The molecule has 0 atom stereocenters. The number of rotatable bonds is 6. The lowest BCUT2D eigenvalue weighted by molar-refractivity contribution is 0.0810. The quantitative estimate of drug-likeness (QED) is 0.742. The van der Waals surface area contributed by atoms with Gasteiger partial charge in [-0.15, -0.1) is 0 Å². The third kappa shape index (κ3) is 3.58. The van der Waals surface area contributed by atoms with Crippen molar-refractivity contribution in [1.82, 2.24) is 5.32 Å². The number of amides is 1. The first kappa shape index (κ1) is 15.0. The lowest BCUT2D eigenvalue weighted by atomic mass is 9.74. The largest absolute Gasteiger partial charge is 0.396 e. The minimum atomic E-state index is -0.392. The summed E-state index contributed by atoms with van der Waals surface area (Å²) in [6, 6.07) is 7.40. The lowest BCUT2D eigenvalue weighted by Gasteiger charge is -2.35. The summed E-state index contributed by atoms with van der Waals surface area (Å²) in [4.78, 5) is 11.4. The summed E-state index contributed by atoms with van der Waals surface area (Å²) in [5.41, 5.74) is 6.88. The van der Waals surface area contributed by atoms with E-state index in [4.69, 9.17) is 5.73 Å². The molecule has 1 aliphatic rings. The molecule has 0 saturated heterocycles. The Hall–Kier alpha value is -1.39. The number of carbonyl (C=O) groups excluding carboxylic acids is 1. The molecular formula is C16H24N2O2. The van der Waals surface area contributed by atoms with Crippen LogP contribution in [0.25, 0.3) is 0 Å². The number of hydrogen-bond acceptors (Lipinski definition) is 3. The Labute approximate surface area is 120 Å². The summed E-state index contributed by atoms with van der Waals surface area (Å²) in [5, 5.41) is 13.1. The van der Waals surface area contributed by atoms with Crippen molar-refractivity contribution in [3.05, 3.63) is 35.4 Å². The summed E-state index contributed by atoms with van der Waals surface area (Å²) in [7, 11) is 0. The molecule has 0 heterocycles. The highest BCUT2D eigenvalue weighted by Crippen LogP contribution is 2.35. The van der Waals surface area contributed by atoms with Gasteiger partial charge in [-0.1, -0.05) is 37.5 Å². The maximum Gasteiger partial charge on any atom is 0.249 e. The predicted molar refractivity (Wildman–Crippen MR) is 79.3 cm³/mol. The summed E-state index contributed by atoms with van der Waals surface area (Å²) >= 11 is 0. The lowest BCUT2D eigenvalue weighted by Crippen LogP contribution is -2.39. The van der Waals surface area contributed by atoms with Crippen molar-refractivity contribution in [1.29, 1.82) is 0 Å². The smallest absolute Gasteiger partial charge is 0.249 e. The molecule has 4 heteroatoms. The first-order valence-corrected chi connectivity index (χ1v) is 7.36. The van der Waals surface area contributed by atoms with Gasteiger partial charge in [0.1, 0.15) is 0 Å². The van der Waals surface area contributed by atoms with E-state index in [2.05, 4.69) is 5.32 Å². The maximum atomic E-state index is 11.4. The van der Waals surface area contributed by atoms with Gasteiger partial charge in [-0.25, -0.2) is 0 Å². The Bertz CT molecular complexity index is 454. The molecule has 1 saturated carbocycles. The van der Waals surface area contributed by atoms with E-state index < -0.39 is 5.91 Å². The van der Waals surface area contributed by atoms with Crippen LogP contribution >= 0.6 is 0 Å². The zero-order valence-electron chi connectivity index (χ0n) is 11.9. The van der Waals surface area contributed by atoms with Crippen molar-refractivity contribution in [2.24, 2.45) is 11.1 Å². The van der Waals surface area contributed by atoms with E-state index in [0.717, 1.165) is 24.9 Å². The Morgan fingerprint density at radius 1 is 1.25 bits per heavy atom. The average Bonchev–Trinajstić information content (AvgIpc) is 2.48. The molecule has 0 spiro atoms. The van der Waals surface area contributed by atoms with Crippen molar-refractivity contribution >= 4 is 5.91 Å². The van der Waals surface area contributed by atoms with Gasteiger partial charge in [0.05, 0.1) is 0 Å². The van der Waals surface area contributed by atoms with Crippen molar-refractivity contribution in [2.45, 2.75) is 38.6 Å². The van der Waals surface area contributed by atoms with Crippen molar-refractivity contribution < 1.29 is 9.90 Å². The second kappa shape index (κ2) is 6.86. The van der Waals surface area contributed by atoms with Gasteiger partial charge in [0, 0.05) is 30.7 Å². The molecular weight excluding hydrogens is 252 g/mol. The molecule has 4 N–H and O–H groups in total. The molecule has 110 valence electrons. The summed E-state index contributed by atoms with van der Waals surface area (Å²) < 4.78 is 0. The van der Waals surface area contributed by atoms with E-state index >= 15 is 0 Å². The Balaban J connectivity index is 1.94. The highest BCUT2D eigenvalue weighted by atomic mass is 16.3. The van der Waals surface area contributed by atoms with Gasteiger partial charge in [0.25, 0.3) is 0 Å². The zero-order valence-corrected chi connectivity index (χ0v) is 11.9. The van der Waals surface area contributed by atoms with E-state index in [-0.39, 0.29) is 12.0 Å². The molecule has 0 unspecified atom stereocenters. The molecule has 1 aromatic carbocycles. The number of hydrogen-bond donors (Lipinski definition) is 3. The first-order valence-electron chi connectivity index (χ1n) is 7.36. The van der Waals surface area contributed by atoms with E-state index in [1.54, 1.807) is 6.07 Å². The third-order valence-electron chi connectivity index (χ3n) is 4.35. The van der Waals surface area contributed by atoms with Crippen LogP contribution in [-0.2, 0) is 6.54 Å². The second-order valence-electron chi connectivity index (χ2n) is 5.84. The highest BCUT2D eigenvalue weighted by molar-refractivity contribution is 5.94. The SMILES string of the molecule is NC(=O)c1ccccc1CNCC1(CO)CCCCC1. The van der Waals surface area contributed by atoms with Gasteiger partial charge in [-0.2, -0.15) is 0 Å². The fraction of sp³-hybridized carbons (Fsp3) is 0.562. The standard InChI is InChI=1S/C16H24N2O2/c17-15(20)14-7-3-2-6-13(14)10-18-11-16(12-19)8-4-1-5-9-16/h2-3,6-7,18-19H,1,4-5,8-12H2,(H2,17,20). The molecule has 4 nitrogen and oxygen atoms in total. The number of nitrogens with two attached hydrogens (primary N) is 1.